The van der Waals surface area contributed by atoms with E-state index in [0.29, 0.717) is 0 Å². The van der Waals surface area contributed by atoms with Crippen LogP contribution in [-0.4, -0.2) is 31.0 Å². The summed E-state index contributed by atoms with van der Waals surface area (Å²) in [7, 11) is 0.615. The lowest BCUT2D eigenvalue weighted by Crippen LogP contribution is -2.52. The lowest BCUT2D eigenvalue weighted by molar-refractivity contribution is -0.113. The highest BCUT2D eigenvalue weighted by molar-refractivity contribution is 7.96. The fourth-order valence-corrected chi connectivity index (χ4v) is 3.95. The molecule has 0 saturated carbocycles. The minimum Gasteiger partial charge on any atom is -0.323 e. The molecule has 0 fully saturated rings. The van der Waals surface area contributed by atoms with E-state index in [-0.39, 0.29) is 17.1 Å². The van der Waals surface area contributed by atoms with E-state index in [0.717, 1.165) is 12.0 Å². The highest BCUT2D eigenvalue weighted by atomic mass is 32.1. The second kappa shape index (κ2) is 7.25. The predicted octanol–water partition coefficient (Wildman–Crippen LogP) is 3.94. The highest BCUT2D eigenvalue weighted by Gasteiger charge is 2.35. The fraction of sp³-hybridized carbons (Fsp3) is 0.438. The molecule has 0 spiro atoms. The molecule has 1 aromatic carbocycles. The Balaban J connectivity index is 3.20. The van der Waals surface area contributed by atoms with Crippen LogP contribution in [0.15, 0.2) is 43.0 Å². The zero-order valence-corrected chi connectivity index (χ0v) is 14.7. The van der Waals surface area contributed by atoms with E-state index >= 15 is 0 Å². The molecule has 20 heavy (non-hydrogen) atoms. The third-order valence-corrected chi connectivity index (χ3v) is 6.50. The van der Waals surface area contributed by atoms with Gasteiger partial charge in [0.15, 0.2) is 5.12 Å². The number of likely N-dealkylation sites (N-methyl/N-ethyl adjacent to an activating group) is 1. The second-order valence-corrected chi connectivity index (χ2v) is 11.6. The second-order valence-electron chi connectivity index (χ2n) is 6.10. The lowest BCUT2D eigenvalue weighted by atomic mass is 9.90. The molecule has 0 aliphatic carbocycles. The van der Waals surface area contributed by atoms with Crippen LogP contribution in [0.25, 0.3) is 0 Å². The number of carbonyl (C=O) groups is 1. The van der Waals surface area contributed by atoms with Crippen LogP contribution >= 0.6 is 12.6 Å². The summed E-state index contributed by atoms with van der Waals surface area (Å²) in [5, 5.41) is -0.0758. The molecule has 0 aromatic heterocycles. The Morgan fingerprint density at radius 1 is 1.35 bits per heavy atom. The summed E-state index contributed by atoms with van der Waals surface area (Å²) in [4.78, 5) is 12.1. The predicted molar refractivity (Wildman–Crippen MR) is 92.9 cm³/mol. The molecule has 0 heterocycles. The molecule has 4 heteroatoms. The van der Waals surface area contributed by atoms with Gasteiger partial charge in [-0.15, -0.1) is 19.2 Å². The van der Waals surface area contributed by atoms with Gasteiger partial charge in [0.05, 0.1) is 5.92 Å². The monoisotopic (exact) mass is 307 g/mol. The van der Waals surface area contributed by atoms with Gasteiger partial charge in [-0.2, -0.15) is 0 Å². The summed E-state index contributed by atoms with van der Waals surface area (Å²) in [5.74, 6) is -0.214. The van der Waals surface area contributed by atoms with Crippen LogP contribution in [0.1, 0.15) is 17.9 Å². The van der Waals surface area contributed by atoms with Gasteiger partial charge in [0.1, 0.15) is 8.24 Å². The first-order valence-electron chi connectivity index (χ1n) is 6.90. The summed E-state index contributed by atoms with van der Waals surface area (Å²) in [6.45, 7) is 10.7. The quantitative estimate of drug-likeness (QED) is 0.468. The molecule has 0 amide bonds. The van der Waals surface area contributed by atoms with Gasteiger partial charge in [-0.3, -0.25) is 4.79 Å². The lowest BCUT2D eigenvalue weighted by Gasteiger charge is -2.40. The van der Waals surface area contributed by atoms with Crippen LogP contribution in [0, 0.1) is 0 Å². The largest absolute Gasteiger partial charge is 0.323 e. The Morgan fingerprint density at radius 3 is 2.30 bits per heavy atom. The molecule has 0 aliphatic rings. The van der Waals surface area contributed by atoms with Gasteiger partial charge in [0.2, 0.25) is 0 Å². The molecule has 0 saturated heterocycles. The van der Waals surface area contributed by atoms with E-state index in [4.69, 9.17) is 0 Å². The molecule has 0 radical (unpaired) electrons. The number of thiol groups is 1. The Morgan fingerprint density at radius 2 is 1.90 bits per heavy atom. The van der Waals surface area contributed by atoms with Crippen molar-refractivity contribution in [2.24, 2.45) is 0 Å². The molecule has 2 nitrogen and oxygen atoms in total. The number of benzene rings is 1. The minimum absolute atomic E-state index is 0.0758. The van der Waals surface area contributed by atoms with E-state index in [1.54, 1.807) is 0 Å². The van der Waals surface area contributed by atoms with Gasteiger partial charge in [-0.05, 0) is 19.0 Å². The molecule has 0 N–H and O–H groups in total. The van der Waals surface area contributed by atoms with E-state index in [1.165, 1.54) is 0 Å². The molecule has 0 bridgehead atoms. The van der Waals surface area contributed by atoms with Crippen molar-refractivity contribution in [3.05, 3.63) is 48.6 Å². The van der Waals surface area contributed by atoms with E-state index in [1.807, 2.05) is 36.4 Å². The highest BCUT2D eigenvalue weighted by Crippen LogP contribution is 2.30. The Bertz CT molecular complexity index is 455. The number of hydrogen-bond acceptors (Lipinski definition) is 2. The molecule has 2 unspecified atom stereocenters. The maximum Gasteiger partial charge on any atom is 0.194 e. The van der Waals surface area contributed by atoms with E-state index in [2.05, 4.69) is 50.5 Å². The molecular formula is C16H25NOSSi. The van der Waals surface area contributed by atoms with Crippen LogP contribution < -0.4 is 0 Å². The SMILES string of the molecule is C=CCC(C(C(=O)S)c1ccccc1)N(C)[Si](C)(C)C. The van der Waals surface area contributed by atoms with Crippen LogP contribution in [0.5, 0.6) is 0 Å². The average Bonchev–Trinajstić information content (AvgIpc) is 2.37. The summed E-state index contributed by atoms with van der Waals surface area (Å²) in [5.41, 5.74) is 1.03. The summed E-state index contributed by atoms with van der Waals surface area (Å²) >= 11 is 4.14. The molecular weight excluding hydrogens is 282 g/mol. The molecule has 1 rings (SSSR count). The molecule has 0 aliphatic heterocycles. The number of hydrogen-bond donors (Lipinski definition) is 1. The molecule has 1 aromatic rings. The van der Waals surface area contributed by atoms with Gasteiger partial charge >= 0.3 is 0 Å². The average molecular weight is 308 g/mol. The van der Waals surface area contributed by atoms with Crippen molar-refractivity contribution in [2.75, 3.05) is 7.05 Å². The Hall–Kier alpha value is -0.843. The third-order valence-electron chi connectivity index (χ3n) is 3.77. The summed E-state index contributed by atoms with van der Waals surface area (Å²) in [6, 6.07) is 10.0. The van der Waals surface area contributed by atoms with Crippen LogP contribution in [0.3, 0.4) is 0 Å². The van der Waals surface area contributed by atoms with Crippen LogP contribution in [0.4, 0.5) is 0 Å². The van der Waals surface area contributed by atoms with Crippen molar-refractivity contribution in [3.8, 4) is 0 Å². The topological polar surface area (TPSA) is 20.3 Å². The maximum absolute atomic E-state index is 12.1. The van der Waals surface area contributed by atoms with Crippen molar-refractivity contribution in [2.45, 2.75) is 38.0 Å². The summed E-state index contributed by atoms with van der Waals surface area (Å²) in [6.07, 6.45) is 2.68. The zero-order valence-electron chi connectivity index (χ0n) is 12.8. The van der Waals surface area contributed by atoms with Gasteiger partial charge < -0.3 is 4.57 Å². The summed E-state index contributed by atoms with van der Waals surface area (Å²) < 4.78 is 2.38. The van der Waals surface area contributed by atoms with E-state index < -0.39 is 8.24 Å². The number of rotatable bonds is 7. The number of nitrogens with zero attached hydrogens (tertiary/aromatic N) is 1. The van der Waals surface area contributed by atoms with Gasteiger partial charge in [-0.25, -0.2) is 0 Å². The Kier molecular flexibility index (Phi) is 6.24. The first kappa shape index (κ1) is 17.2. The number of carbonyl (C=O) groups excluding carboxylic acids is 1. The molecule has 110 valence electrons. The zero-order chi connectivity index (χ0) is 15.3. The third kappa shape index (κ3) is 4.33. The maximum atomic E-state index is 12.1. The standard InChI is InChI=1S/C16H25NOSSi/c1-6-10-14(17(2)20(3,4)5)15(16(18)19)13-11-8-7-9-12-13/h6-9,11-12,14-15H,1,10H2,2-5H3,(H,18,19). The van der Waals surface area contributed by atoms with E-state index in [9.17, 15) is 4.79 Å². The van der Waals surface area contributed by atoms with Crippen LogP contribution in [-0.2, 0) is 4.79 Å². The van der Waals surface area contributed by atoms with Gasteiger partial charge in [0, 0.05) is 6.04 Å². The minimum atomic E-state index is -1.50. The van der Waals surface area contributed by atoms with Crippen molar-refractivity contribution in [3.63, 3.8) is 0 Å². The fourth-order valence-electron chi connectivity index (χ4n) is 2.38. The first-order chi connectivity index (χ1) is 9.29. The van der Waals surface area contributed by atoms with Crippen molar-refractivity contribution in [1.82, 2.24) is 4.57 Å². The van der Waals surface area contributed by atoms with Crippen molar-refractivity contribution >= 4 is 26.0 Å². The first-order valence-corrected chi connectivity index (χ1v) is 10.8. The van der Waals surface area contributed by atoms with Crippen molar-refractivity contribution in [1.29, 1.82) is 0 Å². The van der Waals surface area contributed by atoms with Crippen molar-refractivity contribution < 1.29 is 4.79 Å². The van der Waals surface area contributed by atoms with Gasteiger partial charge in [0.25, 0.3) is 0 Å². The van der Waals surface area contributed by atoms with Gasteiger partial charge in [-0.1, -0.05) is 56.0 Å². The molecule has 2 atom stereocenters. The normalized spacial score (nSPS) is 14.9. The smallest absolute Gasteiger partial charge is 0.194 e. The van der Waals surface area contributed by atoms with Crippen LogP contribution in [0.2, 0.25) is 19.6 Å². The Labute approximate surface area is 129 Å².